The van der Waals surface area contributed by atoms with E-state index in [0.29, 0.717) is 6.54 Å². The Labute approximate surface area is 147 Å². The van der Waals surface area contributed by atoms with Crippen LogP contribution in [0.3, 0.4) is 0 Å². The molecule has 1 aliphatic heterocycles. The summed E-state index contributed by atoms with van der Waals surface area (Å²) in [5.41, 5.74) is -0.0887. The minimum Gasteiger partial charge on any atom is -0.488 e. The van der Waals surface area contributed by atoms with Crippen LogP contribution in [0.25, 0.3) is 0 Å². The highest BCUT2D eigenvalue weighted by molar-refractivity contribution is 9.10. The van der Waals surface area contributed by atoms with E-state index in [0.717, 1.165) is 42.2 Å². The Morgan fingerprint density at radius 3 is 2.87 bits per heavy atom. The average molecular weight is 384 g/mol. The predicted octanol–water partition coefficient (Wildman–Crippen LogP) is 2.95. The van der Waals surface area contributed by atoms with Crippen molar-refractivity contribution in [1.29, 1.82) is 0 Å². The van der Waals surface area contributed by atoms with Crippen molar-refractivity contribution in [2.24, 2.45) is 4.99 Å². The number of nitrogens with one attached hydrogen (secondary N) is 2. The predicted molar refractivity (Wildman–Crippen MR) is 97.2 cm³/mol. The van der Waals surface area contributed by atoms with Gasteiger partial charge < -0.3 is 20.1 Å². The van der Waals surface area contributed by atoms with Crippen molar-refractivity contribution in [3.8, 4) is 5.75 Å². The average Bonchev–Trinajstić information content (AvgIpc) is 2.97. The number of nitrogens with zero attached hydrogens (tertiary/aromatic N) is 1. The molecule has 0 spiro atoms. The molecule has 1 heterocycles. The van der Waals surface area contributed by atoms with Crippen molar-refractivity contribution < 1.29 is 9.47 Å². The molecule has 2 rings (SSSR count). The Morgan fingerprint density at radius 2 is 2.22 bits per heavy atom. The highest BCUT2D eigenvalue weighted by Gasteiger charge is 2.29. The lowest BCUT2D eigenvalue weighted by molar-refractivity contribution is 0.0242. The SMILES string of the molecule is CN=C(NCC(C)Oc1ccccc1Br)NCC1(C)CCCO1. The molecule has 1 aliphatic rings. The van der Waals surface area contributed by atoms with Gasteiger partial charge in [0.05, 0.1) is 16.6 Å². The van der Waals surface area contributed by atoms with Crippen LogP contribution in [0.5, 0.6) is 5.75 Å². The maximum absolute atomic E-state index is 5.92. The second-order valence-corrected chi connectivity index (χ2v) is 6.92. The molecular weight excluding hydrogens is 358 g/mol. The van der Waals surface area contributed by atoms with Gasteiger partial charge in [0, 0.05) is 20.2 Å². The fraction of sp³-hybridized carbons (Fsp3) is 0.588. The first-order valence-corrected chi connectivity index (χ1v) is 8.81. The molecule has 0 amide bonds. The molecule has 23 heavy (non-hydrogen) atoms. The molecule has 0 saturated carbocycles. The molecular formula is C17H26BrN3O2. The second kappa shape index (κ2) is 8.55. The zero-order chi connectivity index (χ0) is 16.7. The van der Waals surface area contributed by atoms with Crippen molar-refractivity contribution in [3.63, 3.8) is 0 Å². The molecule has 2 atom stereocenters. The second-order valence-electron chi connectivity index (χ2n) is 6.07. The summed E-state index contributed by atoms with van der Waals surface area (Å²) in [6.45, 7) is 6.44. The first kappa shape index (κ1) is 18.1. The Morgan fingerprint density at radius 1 is 1.43 bits per heavy atom. The maximum atomic E-state index is 5.92. The quantitative estimate of drug-likeness (QED) is 0.585. The van der Waals surface area contributed by atoms with Crippen molar-refractivity contribution in [1.82, 2.24) is 10.6 Å². The molecule has 2 unspecified atom stereocenters. The summed E-state index contributed by atoms with van der Waals surface area (Å²) in [5, 5.41) is 6.62. The van der Waals surface area contributed by atoms with E-state index in [2.05, 4.69) is 38.5 Å². The number of aliphatic imine (C=N–C) groups is 1. The van der Waals surface area contributed by atoms with Crippen LogP contribution >= 0.6 is 15.9 Å². The van der Waals surface area contributed by atoms with Crippen LogP contribution in [0.1, 0.15) is 26.7 Å². The molecule has 0 aliphatic carbocycles. The third kappa shape index (κ3) is 5.70. The third-order valence-corrected chi connectivity index (χ3v) is 4.53. The molecule has 1 saturated heterocycles. The highest BCUT2D eigenvalue weighted by Crippen LogP contribution is 2.25. The molecule has 1 aromatic rings. The standard InChI is InChI=1S/C17H26BrN3O2/c1-13(23-15-8-5-4-7-14(15)18)11-20-16(19-3)21-12-17(2)9-6-10-22-17/h4-5,7-8,13H,6,9-12H2,1-3H3,(H2,19,20,21). The third-order valence-electron chi connectivity index (χ3n) is 3.88. The normalized spacial score (nSPS) is 22.7. The van der Waals surface area contributed by atoms with Gasteiger partial charge in [-0.15, -0.1) is 0 Å². The Bertz CT molecular complexity index is 530. The number of hydrogen-bond acceptors (Lipinski definition) is 3. The zero-order valence-corrected chi connectivity index (χ0v) is 15.6. The van der Waals surface area contributed by atoms with Gasteiger partial charge in [0.15, 0.2) is 5.96 Å². The molecule has 1 fully saturated rings. The van der Waals surface area contributed by atoms with Crippen LogP contribution in [0.15, 0.2) is 33.7 Å². The lowest BCUT2D eigenvalue weighted by Gasteiger charge is -2.25. The monoisotopic (exact) mass is 383 g/mol. The van der Waals surface area contributed by atoms with E-state index in [1.807, 2.05) is 31.2 Å². The fourth-order valence-corrected chi connectivity index (χ4v) is 2.88. The van der Waals surface area contributed by atoms with E-state index in [1.165, 1.54) is 0 Å². The van der Waals surface area contributed by atoms with Crippen LogP contribution in [0.4, 0.5) is 0 Å². The summed E-state index contributed by atoms with van der Waals surface area (Å²) in [6, 6.07) is 7.85. The fourth-order valence-electron chi connectivity index (χ4n) is 2.51. The van der Waals surface area contributed by atoms with E-state index in [-0.39, 0.29) is 11.7 Å². The van der Waals surface area contributed by atoms with Gasteiger partial charge in [0.2, 0.25) is 0 Å². The molecule has 0 bridgehead atoms. The topological polar surface area (TPSA) is 54.9 Å². The number of halogens is 1. The van der Waals surface area contributed by atoms with Crippen molar-refractivity contribution >= 4 is 21.9 Å². The van der Waals surface area contributed by atoms with Crippen LogP contribution in [-0.2, 0) is 4.74 Å². The van der Waals surface area contributed by atoms with Crippen molar-refractivity contribution in [2.75, 3.05) is 26.7 Å². The van der Waals surface area contributed by atoms with E-state index in [4.69, 9.17) is 9.47 Å². The summed E-state index contributed by atoms with van der Waals surface area (Å²) in [5.74, 6) is 1.61. The minimum absolute atomic E-state index is 0.0190. The first-order valence-electron chi connectivity index (χ1n) is 8.02. The summed E-state index contributed by atoms with van der Waals surface area (Å²) in [7, 11) is 1.77. The molecule has 0 aromatic heterocycles. The zero-order valence-electron chi connectivity index (χ0n) is 14.1. The number of ether oxygens (including phenoxy) is 2. The molecule has 1 aromatic carbocycles. The first-order chi connectivity index (χ1) is 11.0. The van der Waals surface area contributed by atoms with Gasteiger partial charge in [-0.25, -0.2) is 0 Å². The Hall–Kier alpha value is -1.27. The molecule has 6 heteroatoms. The molecule has 0 radical (unpaired) electrons. The van der Waals surface area contributed by atoms with E-state index in [1.54, 1.807) is 7.05 Å². The number of guanidine groups is 1. The Kier molecular flexibility index (Phi) is 6.72. The van der Waals surface area contributed by atoms with E-state index < -0.39 is 0 Å². The van der Waals surface area contributed by atoms with Gasteiger partial charge in [-0.1, -0.05) is 12.1 Å². The van der Waals surface area contributed by atoms with Gasteiger partial charge >= 0.3 is 0 Å². The summed E-state index contributed by atoms with van der Waals surface area (Å²) >= 11 is 3.49. The minimum atomic E-state index is -0.0887. The molecule has 5 nitrogen and oxygen atoms in total. The van der Waals surface area contributed by atoms with Crippen LogP contribution < -0.4 is 15.4 Å². The van der Waals surface area contributed by atoms with Crippen LogP contribution in [-0.4, -0.2) is 44.4 Å². The smallest absolute Gasteiger partial charge is 0.191 e. The van der Waals surface area contributed by atoms with Gasteiger partial charge in [0.1, 0.15) is 11.9 Å². The van der Waals surface area contributed by atoms with Crippen LogP contribution in [0.2, 0.25) is 0 Å². The number of para-hydroxylation sites is 1. The van der Waals surface area contributed by atoms with Gasteiger partial charge in [-0.3, -0.25) is 4.99 Å². The lowest BCUT2D eigenvalue weighted by atomic mass is 10.0. The van der Waals surface area contributed by atoms with Gasteiger partial charge in [-0.05, 0) is 54.8 Å². The lowest BCUT2D eigenvalue weighted by Crippen LogP contribution is -2.47. The summed E-state index contributed by atoms with van der Waals surface area (Å²) in [4.78, 5) is 4.25. The summed E-state index contributed by atoms with van der Waals surface area (Å²) in [6.07, 6.45) is 2.23. The number of benzene rings is 1. The van der Waals surface area contributed by atoms with E-state index in [9.17, 15) is 0 Å². The summed E-state index contributed by atoms with van der Waals surface area (Å²) < 4.78 is 12.7. The van der Waals surface area contributed by atoms with E-state index >= 15 is 0 Å². The highest BCUT2D eigenvalue weighted by atomic mass is 79.9. The molecule has 128 valence electrons. The van der Waals surface area contributed by atoms with Crippen LogP contribution in [0, 0.1) is 0 Å². The van der Waals surface area contributed by atoms with Crippen molar-refractivity contribution in [2.45, 2.75) is 38.4 Å². The largest absolute Gasteiger partial charge is 0.488 e. The van der Waals surface area contributed by atoms with Gasteiger partial charge in [-0.2, -0.15) is 0 Å². The van der Waals surface area contributed by atoms with Crippen molar-refractivity contribution in [3.05, 3.63) is 28.7 Å². The van der Waals surface area contributed by atoms with Gasteiger partial charge in [0.25, 0.3) is 0 Å². The Balaban J connectivity index is 1.75. The number of hydrogen-bond donors (Lipinski definition) is 2. The molecule has 2 N–H and O–H groups in total. The number of rotatable bonds is 6. The maximum Gasteiger partial charge on any atom is 0.191 e.